The van der Waals surface area contributed by atoms with Gasteiger partial charge in [-0.1, -0.05) is 28.1 Å². The third kappa shape index (κ3) is 8.75. The molecule has 0 aromatic heterocycles. The molecule has 0 unspecified atom stereocenters. The Morgan fingerprint density at radius 1 is 0.818 bits per heavy atom. The third-order valence-corrected chi connectivity index (χ3v) is 5.06. The number of ether oxygens (including phenoxy) is 6. The fourth-order valence-electron chi connectivity index (χ4n) is 3.27. The van der Waals surface area contributed by atoms with Crippen molar-refractivity contribution in [2.45, 2.75) is 64.8 Å². The first-order valence-corrected chi connectivity index (χ1v) is 11.0. The maximum atomic E-state index is 11.8. The van der Waals surface area contributed by atoms with E-state index < -0.39 is 54.6 Å². The molecule has 1 aromatic carbocycles. The third-order valence-electron chi connectivity index (χ3n) is 4.53. The van der Waals surface area contributed by atoms with E-state index in [1.807, 2.05) is 24.3 Å². The molecule has 1 fully saturated rings. The van der Waals surface area contributed by atoms with Crippen molar-refractivity contribution in [3.8, 4) is 0 Å². The van der Waals surface area contributed by atoms with Crippen molar-refractivity contribution in [3.05, 3.63) is 34.3 Å². The van der Waals surface area contributed by atoms with Crippen molar-refractivity contribution in [1.29, 1.82) is 0 Å². The molecule has 1 saturated heterocycles. The second kappa shape index (κ2) is 12.7. The summed E-state index contributed by atoms with van der Waals surface area (Å²) in [6.07, 6.45) is -5.38. The van der Waals surface area contributed by atoms with E-state index in [0.29, 0.717) is 6.42 Å². The van der Waals surface area contributed by atoms with Crippen molar-refractivity contribution in [1.82, 2.24) is 0 Å². The van der Waals surface area contributed by atoms with Gasteiger partial charge < -0.3 is 28.4 Å². The van der Waals surface area contributed by atoms with Crippen LogP contribution in [0.4, 0.5) is 0 Å². The Hall–Kier alpha value is -2.50. The first kappa shape index (κ1) is 26.7. The highest BCUT2D eigenvalue weighted by atomic mass is 79.9. The second-order valence-corrected chi connectivity index (χ2v) is 8.23. The van der Waals surface area contributed by atoms with Crippen LogP contribution >= 0.6 is 15.9 Å². The maximum Gasteiger partial charge on any atom is 0.303 e. The Kier molecular flexibility index (Phi) is 10.3. The van der Waals surface area contributed by atoms with Gasteiger partial charge in [0, 0.05) is 32.2 Å². The molecule has 0 N–H and O–H groups in total. The minimum Gasteiger partial charge on any atom is -0.463 e. The molecule has 5 atom stereocenters. The van der Waals surface area contributed by atoms with Crippen molar-refractivity contribution in [2.75, 3.05) is 13.2 Å². The number of hydrogen-bond donors (Lipinski definition) is 0. The van der Waals surface area contributed by atoms with Gasteiger partial charge in [-0.25, -0.2) is 0 Å². The summed E-state index contributed by atoms with van der Waals surface area (Å²) in [5, 5.41) is 0. The summed E-state index contributed by atoms with van der Waals surface area (Å²) in [7, 11) is 0. The molecule has 2 rings (SSSR count). The van der Waals surface area contributed by atoms with Crippen molar-refractivity contribution >= 4 is 39.8 Å². The Labute approximate surface area is 199 Å². The monoisotopic (exact) mass is 530 g/mol. The number of carbonyl (C=O) groups excluding carboxylic acids is 4. The molecule has 0 bridgehead atoms. The van der Waals surface area contributed by atoms with Crippen LogP contribution in [-0.2, 0) is 54.0 Å². The topological polar surface area (TPSA) is 124 Å². The number of halogens is 1. The van der Waals surface area contributed by atoms with Gasteiger partial charge in [-0.15, -0.1) is 0 Å². The van der Waals surface area contributed by atoms with E-state index in [1.54, 1.807) is 0 Å². The van der Waals surface area contributed by atoms with Crippen LogP contribution in [0.1, 0.15) is 33.3 Å². The molecule has 1 heterocycles. The van der Waals surface area contributed by atoms with Gasteiger partial charge in [0.15, 0.2) is 24.6 Å². The van der Waals surface area contributed by atoms with Gasteiger partial charge in [-0.05, 0) is 24.1 Å². The highest BCUT2D eigenvalue weighted by Crippen LogP contribution is 2.30. The molecule has 11 heteroatoms. The van der Waals surface area contributed by atoms with Crippen LogP contribution in [0.2, 0.25) is 0 Å². The van der Waals surface area contributed by atoms with Crippen LogP contribution in [0.25, 0.3) is 0 Å². The van der Waals surface area contributed by atoms with E-state index in [0.717, 1.165) is 23.9 Å². The van der Waals surface area contributed by atoms with Gasteiger partial charge in [0.05, 0.1) is 6.61 Å². The summed E-state index contributed by atoms with van der Waals surface area (Å²) in [4.78, 5) is 46.7. The summed E-state index contributed by atoms with van der Waals surface area (Å²) in [5.41, 5.74) is 0.990. The molecule has 182 valence electrons. The molecule has 10 nitrogen and oxygen atoms in total. The highest BCUT2D eigenvalue weighted by molar-refractivity contribution is 9.10. The van der Waals surface area contributed by atoms with Gasteiger partial charge in [-0.3, -0.25) is 19.2 Å². The summed E-state index contributed by atoms with van der Waals surface area (Å²) >= 11 is 3.37. The van der Waals surface area contributed by atoms with E-state index in [4.69, 9.17) is 28.4 Å². The summed E-state index contributed by atoms with van der Waals surface area (Å²) in [6, 6.07) is 7.62. The number of rotatable bonds is 9. The first-order valence-electron chi connectivity index (χ1n) is 10.2. The van der Waals surface area contributed by atoms with Gasteiger partial charge in [0.2, 0.25) is 0 Å². The SMILES string of the molecule is CC(=O)OC[C@H]1O[C@@H](OCCc2ccc(Br)cc2)[C@H](OC(C)=O)[C@@H](OC(C)=O)[C@@H]1OC(C)=O. The lowest BCUT2D eigenvalue weighted by molar-refractivity contribution is -0.307. The zero-order chi connectivity index (χ0) is 24.5. The van der Waals surface area contributed by atoms with Gasteiger partial charge >= 0.3 is 23.9 Å². The quantitative estimate of drug-likeness (QED) is 0.346. The minimum atomic E-state index is -1.25. The fraction of sp³-hybridized carbons (Fsp3) is 0.545. The summed E-state index contributed by atoms with van der Waals surface area (Å²) < 4.78 is 33.7. The molecule has 0 amide bonds. The van der Waals surface area contributed by atoms with Crippen LogP contribution < -0.4 is 0 Å². The standard InChI is InChI=1S/C22H27BrO10/c1-12(24)29-11-18-19(30-13(2)25)20(31-14(3)26)21(32-15(4)27)22(33-18)28-10-9-16-5-7-17(23)8-6-16/h5-8,18-22H,9-11H2,1-4H3/t18-,19-,20+,21-,22-/m1/s1. The fourth-order valence-corrected chi connectivity index (χ4v) is 3.53. The van der Waals surface area contributed by atoms with E-state index >= 15 is 0 Å². The van der Waals surface area contributed by atoms with Crippen LogP contribution in [-0.4, -0.2) is 67.8 Å². The Morgan fingerprint density at radius 3 is 1.91 bits per heavy atom. The molecule has 0 saturated carbocycles. The molecule has 1 aliphatic heterocycles. The maximum absolute atomic E-state index is 11.8. The molecule has 0 radical (unpaired) electrons. The smallest absolute Gasteiger partial charge is 0.303 e. The van der Waals surface area contributed by atoms with E-state index in [9.17, 15) is 19.2 Å². The molecule has 1 aromatic rings. The summed E-state index contributed by atoms with van der Waals surface area (Å²) in [5.74, 6) is -2.65. The summed E-state index contributed by atoms with van der Waals surface area (Å²) in [6.45, 7) is 4.58. The molecule has 1 aliphatic rings. The lowest BCUT2D eigenvalue weighted by atomic mass is 9.98. The van der Waals surface area contributed by atoms with Crippen LogP contribution in [0.3, 0.4) is 0 Å². The van der Waals surface area contributed by atoms with Crippen LogP contribution in [0.15, 0.2) is 28.7 Å². The predicted molar refractivity (Wildman–Crippen MR) is 116 cm³/mol. The zero-order valence-corrected chi connectivity index (χ0v) is 20.4. The predicted octanol–water partition coefficient (Wildman–Crippen LogP) is 2.09. The van der Waals surface area contributed by atoms with Gasteiger partial charge in [0.25, 0.3) is 0 Å². The van der Waals surface area contributed by atoms with Crippen molar-refractivity contribution < 1.29 is 47.6 Å². The average molecular weight is 531 g/mol. The number of hydrogen-bond acceptors (Lipinski definition) is 10. The molecular formula is C22H27BrO10. The average Bonchev–Trinajstić information content (AvgIpc) is 2.71. The Morgan fingerprint density at radius 2 is 1.36 bits per heavy atom. The number of benzene rings is 1. The first-order chi connectivity index (χ1) is 15.6. The van der Waals surface area contributed by atoms with E-state index in [1.165, 1.54) is 13.8 Å². The van der Waals surface area contributed by atoms with Crippen molar-refractivity contribution in [3.63, 3.8) is 0 Å². The molecular weight excluding hydrogens is 504 g/mol. The normalized spacial score (nSPS) is 24.5. The zero-order valence-electron chi connectivity index (χ0n) is 18.8. The van der Waals surface area contributed by atoms with Gasteiger partial charge in [-0.2, -0.15) is 0 Å². The largest absolute Gasteiger partial charge is 0.463 e. The second-order valence-electron chi connectivity index (χ2n) is 7.31. The molecule has 33 heavy (non-hydrogen) atoms. The lowest BCUT2D eigenvalue weighted by Crippen LogP contribution is -2.63. The Balaban J connectivity index is 2.27. The van der Waals surface area contributed by atoms with Crippen LogP contribution in [0.5, 0.6) is 0 Å². The van der Waals surface area contributed by atoms with Crippen molar-refractivity contribution in [2.24, 2.45) is 0 Å². The number of carbonyl (C=O) groups is 4. The highest BCUT2D eigenvalue weighted by Gasteiger charge is 2.52. The molecule has 0 spiro atoms. The Bertz CT molecular complexity index is 840. The van der Waals surface area contributed by atoms with E-state index in [2.05, 4.69) is 15.9 Å². The van der Waals surface area contributed by atoms with Crippen LogP contribution in [0, 0.1) is 0 Å². The lowest BCUT2D eigenvalue weighted by Gasteiger charge is -2.44. The van der Waals surface area contributed by atoms with E-state index in [-0.39, 0.29) is 13.2 Å². The molecule has 0 aliphatic carbocycles. The minimum absolute atomic E-state index is 0.176. The van der Waals surface area contributed by atoms with Gasteiger partial charge in [0.1, 0.15) is 12.7 Å². The number of esters is 4.